The maximum absolute atomic E-state index is 10.4. The van der Waals surface area contributed by atoms with Gasteiger partial charge in [0.05, 0.1) is 17.4 Å². The molecule has 0 unspecified atom stereocenters. The van der Waals surface area contributed by atoms with E-state index in [1.807, 2.05) is 12.1 Å². The Kier molecular flexibility index (Phi) is 2.92. The highest BCUT2D eigenvalue weighted by Gasteiger charge is 2.04. The Morgan fingerprint density at radius 1 is 1.56 bits per heavy atom. The van der Waals surface area contributed by atoms with Crippen molar-refractivity contribution in [2.24, 2.45) is 0 Å². The number of rotatable bonds is 3. The first kappa shape index (κ1) is 10.7. The number of fused-ring (bicyclic) bond motifs is 1. The molecule has 2 rings (SSSR count). The molecule has 0 radical (unpaired) electrons. The van der Waals surface area contributed by atoms with E-state index in [4.69, 9.17) is 16.7 Å². The Labute approximate surface area is 96.6 Å². The van der Waals surface area contributed by atoms with E-state index in [0.29, 0.717) is 5.88 Å². The second-order valence-electron chi connectivity index (χ2n) is 3.28. The van der Waals surface area contributed by atoms with Crippen molar-refractivity contribution in [1.82, 2.24) is 9.97 Å². The molecule has 0 spiro atoms. The van der Waals surface area contributed by atoms with Crippen LogP contribution in [0.2, 0.25) is 0 Å². The summed E-state index contributed by atoms with van der Waals surface area (Å²) in [5.41, 5.74) is 3.34. The lowest BCUT2D eigenvalue weighted by Crippen LogP contribution is -1.87. The van der Waals surface area contributed by atoms with Gasteiger partial charge < -0.3 is 10.1 Å². The number of aromatic amines is 1. The Morgan fingerprint density at radius 3 is 3.06 bits per heavy atom. The summed E-state index contributed by atoms with van der Waals surface area (Å²) in [6.45, 7) is 0. The van der Waals surface area contributed by atoms with Gasteiger partial charge in [0.2, 0.25) is 0 Å². The van der Waals surface area contributed by atoms with Crippen LogP contribution in [0.3, 0.4) is 0 Å². The number of H-pyrrole nitrogens is 1. The Morgan fingerprint density at radius 2 is 2.38 bits per heavy atom. The van der Waals surface area contributed by atoms with E-state index >= 15 is 0 Å². The normalized spacial score (nSPS) is 11.3. The summed E-state index contributed by atoms with van der Waals surface area (Å²) in [6.07, 6.45) is 4.21. The fourth-order valence-electron chi connectivity index (χ4n) is 1.51. The standard InChI is InChI=1S/C11H9ClN2O2/c12-5-8-3-7(1-2-10(15)16)4-9-11(8)14-6-13-9/h1-4,6H,5H2,(H,13,14)(H,15,16)/b2-1+. The summed E-state index contributed by atoms with van der Waals surface area (Å²) in [5, 5.41) is 8.54. The fraction of sp³-hybridized carbons (Fsp3) is 0.0909. The molecule has 2 aromatic rings. The van der Waals surface area contributed by atoms with Gasteiger partial charge in [0.25, 0.3) is 0 Å². The fourth-order valence-corrected chi connectivity index (χ4v) is 1.72. The van der Waals surface area contributed by atoms with Gasteiger partial charge in [-0.15, -0.1) is 11.6 Å². The molecule has 82 valence electrons. The first-order valence-corrected chi connectivity index (χ1v) is 5.17. The molecule has 4 nitrogen and oxygen atoms in total. The van der Waals surface area contributed by atoms with E-state index in [1.54, 1.807) is 6.33 Å². The van der Waals surface area contributed by atoms with Crippen LogP contribution in [0.1, 0.15) is 11.1 Å². The van der Waals surface area contributed by atoms with Gasteiger partial charge in [0, 0.05) is 12.0 Å². The number of carboxylic acid groups (broad SMARTS) is 1. The molecular formula is C11H9ClN2O2. The zero-order valence-corrected chi connectivity index (χ0v) is 9.03. The highest BCUT2D eigenvalue weighted by atomic mass is 35.5. The largest absolute Gasteiger partial charge is 0.478 e. The minimum atomic E-state index is -0.975. The van der Waals surface area contributed by atoms with Crippen LogP contribution in [-0.2, 0) is 10.7 Å². The van der Waals surface area contributed by atoms with Gasteiger partial charge in [0.1, 0.15) is 0 Å². The first-order valence-electron chi connectivity index (χ1n) is 4.63. The molecule has 1 aromatic heterocycles. The molecule has 0 fully saturated rings. The molecule has 0 saturated heterocycles. The Bertz CT molecular complexity index is 560. The number of carboxylic acids is 1. The number of hydrogen-bond acceptors (Lipinski definition) is 2. The van der Waals surface area contributed by atoms with Crippen molar-refractivity contribution in [3.8, 4) is 0 Å². The van der Waals surface area contributed by atoms with Gasteiger partial charge >= 0.3 is 5.97 Å². The smallest absolute Gasteiger partial charge is 0.328 e. The summed E-state index contributed by atoms with van der Waals surface area (Å²) in [4.78, 5) is 17.5. The number of halogens is 1. The van der Waals surface area contributed by atoms with Gasteiger partial charge in [-0.05, 0) is 29.3 Å². The minimum absolute atomic E-state index is 0.343. The molecule has 0 bridgehead atoms. The zero-order chi connectivity index (χ0) is 11.5. The van der Waals surface area contributed by atoms with Gasteiger partial charge in [-0.1, -0.05) is 0 Å². The van der Waals surface area contributed by atoms with Gasteiger partial charge in [-0.25, -0.2) is 9.78 Å². The molecule has 0 aliphatic heterocycles. The van der Waals surface area contributed by atoms with Crippen LogP contribution in [0.15, 0.2) is 24.5 Å². The Balaban J connectivity index is 2.51. The number of aromatic nitrogens is 2. The monoisotopic (exact) mass is 236 g/mol. The first-order chi connectivity index (χ1) is 7.70. The van der Waals surface area contributed by atoms with E-state index in [-0.39, 0.29) is 0 Å². The highest BCUT2D eigenvalue weighted by molar-refractivity contribution is 6.17. The van der Waals surface area contributed by atoms with Crippen molar-refractivity contribution in [3.63, 3.8) is 0 Å². The van der Waals surface area contributed by atoms with E-state index < -0.39 is 5.97 Å². The van der Waals surface area contributed by atoms with Crippen LogP contribution in [0.5, 0.6) is 0 Å². The predicted octanol–water partition coefficient (Wildman–Crippen LogP) is 2.40. The molecular weight excluding hydrogens is 228 g/mol. The third-order valence-corrected chi connectivity index (χ3v) is 2.48. The van der Waals surface area contributed by atoms with E-state index in [2.05, 4.69) is 9.97 Å². The summed E-state index contributed by atoms with van der Waals surface area (Å²) >= 11 is 5.80. The number of nitrogens with zero attached hydrogens (tertiary/aromatic N) is 1. The highest BCUT2D eigenvalue weighted by Crippen LogP contribution is 2.20. The lowest BCUT2D eigenvalue weighted by atomic mass is 10.1. The third kappa shape index (κ3) is 2.06. The lowest BCUT2D eigenvalue weighted by molar-refractivity contribution is -0.131. The summed E-state index contributed by atoms with van der Waals surface area (Å²) < 4.78 is 0. The van der Waals surface area contributed by atoms with Crippen LogP contribution in [0.25, 0.3) is 17.1 Å². The van der Waals surface area contributed by atoms with Crippen LogP contribution in [-0.4, -0.2) is 21.0 Å². The molecule has 1 aromatic carbocycles. The summed E-state index contributed by atoms with van der Waals surface area (Å²) in [5.74, 6) is -0.632. The average Bonchev–Trinajstić information content (AvgIpc) is 2.73. The molecule has 5 heteroatoms. The van der Waals surface area contributed by atoms with Gasteiger partial charge in [-0.3, -0.25) is 0 Å². The molecule has 0 amide bonds. The number of benzene rings is 1. The molecule has 16 heavy (non-hydrogen) atoms. The maximum Gasteiger partial charge on any atom is 0.328 e. The van der Waals surface area contributed by atoms with E-state index in [9.17, 15) is 4.79 Å². The van der Waals surface area contributed by atoms with Crippen LogP contribution in [0.4, 0.5) is 0 Å². The van der Waals surface area contributed by atoms with Crippen LogP contribution < -0.4 is 0 Å². The van der Waals surface area contributed by atoms with Crippen molar-refractivity contribution in [1.29, 1.82) is 0 Å². The van der Waals surface area contributed by atoms with Gasteiger partial charge in [0.15, 0.2) is 0 Å². The van der Waals surface area contributed by atoms with Gasteiger partial charge in [-0.2, -0.15) is 0 Å². The SMILES string of the molecule is O=C(O)/C=C/c1cc(CCl)c2nc[nH]c2c1. The summed E-state index contributed by atoms with van der Waals surface area (Å²) in [7, 11) is 0. The van der Waals surface area contributed by atoms with Crippen LogP contribution >= 0.6 is 11.6 Å². The number of carbonyl (C=O) groups is 1. The number of hydrogen-bond donors (Lipinski definition) is 2. The Hall–Kier alpha value is -1.81. The van der Waals surface area contributed by atoms with Crippen molar-refractivity contribution < 1.29 is 9.90 Å². The van der Waals surface area contributed by atoms with E-state index in [0.717, 1.165) is 28.2 Å². The third-order valence-electron chi connectivity index (χ3n) is 2.19. The van der Waals surface area contributed by atoms with E-state index in [1.165, 1.54) is 6.08 Å². The van der Waals surface area contributed by atoms with Crippen LogP contribution in [0, 0.1) is 0 Å². The second kappa shape index (κ2) is 4.37. The number of nitrogens with one attached hydrogen (secondary N) is 1. The number of alkyl halides is 1. The predicted molar refractivity (Wildman–Crippen MR) is 62.3 cm³/mol. The molecule has 0 saturated carbocycles. The molecule has 0 aliphatic carbocycles. The maximum atomic E-state index is 10.4. The zero-order valence-electron chi connectivity index (χ0n) is 8.27. The second-order valence-corrected chi connectivity index (χ2v) is 3.55. The number of imidazole rings is 1. The minimum Gasteiger partial charge on any atom is -0.478 e. The topological polar surface area (TPSA) is 66.0 Å². The lowest BCUT2D eigenvalue weighted by Gasteiger charge is -2.00. The molecule has 0 atom stereocenters. The average molecular weight is 237 g/mol. The van der Waals surface area contributed by atoms with Crippen molar-refractivity contribution in [2.45, 2.75) is 5.88 Å². The number of aliphatic carboxylic acids is 1. The quantitative estimate of drug-likeness (QED) is 0.635. The molecule has 1 heterocycles. The molecule has 0 aliphatic rings. The van der Waals surface area contributed by atoms with Crippen molar-refractivity contribution >= 4 is 34.7 Å². The molecule has 2 N–H and O–H groups in total. The van der Waals surface area contributed by atoms with Crippen molar-refractivity contribution in [3.05, 3.63) is 35.7 Å². The van der Waals surface area contributed by atoms with Crippen molar-refractivity contribution in [2.75, 3.05) is 0 Å². The summed E-state index contributed by atoms with van der Waals surface area (Å²) in [6, 6.07) is 3.66.